The number of ketones is 1. The van der Waals surface area contributed by atoms with Crippen LogP contribution in [-0.4, -0.2) is 5.78 Å². The van der Waals surface area contributed by atoms with Crippen molar-refractivity contribution in [1.82, 2.24) is 0 Å². The fraction of sp³-hybridized carbons (Fsp3) is 0.214. The molecule has 0 bridgehead atoms. The molecule has 0 unspecified atom stereocenters. The lowest BCUT2D eigenvalue weighted by atomic mass is 9.98. The van der Waals surface area contributed by atoms with Gasteiger partial charge in [0.1, 0.15) is 0 Å². The quantitative estimate of drug-likeness (QED) is 0.721. The summed E-state index contributed by atoms with van der Waals surface area (Å²) >= 11 is 3.57. The molecule has 0 N–H and O–H groups in total. The van der Waals surface area contributed by atoms with Crippen molar-refractivity contribution in [2.75, 3.05) is 0 Å². The van der Waals surface area contributed by atoms with E-state index in [-0.39, 0.29) is 5.78 Å². The number of aryl methyl sites for hydroxylation is 2. The topological polar surface area (TPSA) is 17.1 Å². The van der Waals surface area contributed by atoms with Gasteiger partial charge in [-0.15, -0.1) is 0 Å². The molecule has 0 aromatic heterocycles. The highest BCUT2D eigenvalue weighted by atomic mass is 79.9. The van der Waals surface area contributed by atoms with E-state index < -0.39 is 0 Å². The van der Waals surface area contributed by atoms with Crippen molar-refractivity contribution in [1.29, 1.82) is 0 Å². The first kappa shape index (κ1) is 10.0. The van der Waals surface area contributed by atoms with E-state index in [0.717, 1.165) is 22.9 Å². The van der Waals surface area contributed by atoms with Crippen LogP contribution in [0.5, 0.6) is 0 Å². The van der Waals surface area contributed by atoms with E-state index in [1.165, 1.54) is 21.9 Å². The molecule has 2 aromatic rings. The Morgan fingerprint density at radius 1 is 1.19 bits per heavy atom. The van der Waals surface area contributed by atoms with Gasteiger partial charge < -0.3 is 0 Å². The molecule has 0 heterocycles. The molecule has 3 rings (SSSR count). The zero-order chi connectivity index (χ0) is 11.3. The molecular weight excluding hydrogens is 264 g/mol. The smallest absolute Gasteiger partial charge is 0.160 e. The van der Waals surface area contributed by atoms with Gasteiger partial charge in [0.2, 0.25) is 0 Å². The second kappa shape index (κ2) is 3.42. The van der Waals surface area contributed by atoms with Gasteiger partial charge >= 0.3 is 0 Å². The Labute approximate surface area is 103 Å². The fourth-order valence-electron chi connectivity index (χ4n) is 2.62. The van der Waals surface area contributed by atoms with Gasteiger partial charge in [0, 0.05) is 10.0 Å². The van der Waals surface area contributed by atoms with Crippen LogP contribution in [-0.2, 0) is 12.8 Å². The number of hydrogen-bond donors (Lipinski definition) is 0. The summed E-state index contributed by atoms with van der Waals surface area (Å²) in [4.78, 5) is 11.6. The Morgan fingerprint density at radius 3 is 2.75 bits per heavy atom. The molecule has 1 nitrogen and oxygen atoms in total. The summed E-state index contributed by atoms with van der Waals surface area (Å²) in [5.74, 6) is 0.171. The number of carbonyl (C=O) groups is 1. The molecule has 2 aromatic carbocycles. The molecule has 0 atom stereocenters. The van der Waals surface area contributed by atoms with Crippen molar-refractivity contribution in [3.05, 3.63) is 45.4 Å². The molecule has 0 saturated carbocycles. The monoisotopic (exact) mass is 274 g/mol. The first-order valence-electron chi connectivity index (χ1n) is 5.42. The van der Waals surface area contributed by atoms with E-state index in [1.54, 1.807) is 6.92 Å². The summed E-state index contributed by atoms with van der Waals surface area (Å²) in [6.07, 6.45) is 2.06. The lowest BCUT2D eigenvalue weighted by Crippen LogP contribution is -1.97. The minimum atomic E-state index is 0.171. The van der Waals surface area contributed by atoms with Crippen LogP contribution in [0.3, 0.4) is 0 Å². The third-order valence-electron chi connectivity index (χ3n) is 3.35. The normalized spacial score (nSPS) is 13.4. The number of benzene rings is 2. The second-order valence-electron chi connectivity index (χ2n) is 4.28. The summed E-state index contributed by atoms with van der Waals surface area (Å²) in [6, 6.07) is 8.27. The number of hydrogen-bond acceptors (Lipinski definition) is 1. The van der Waals surface area contributed by atoms with E-state index in [2.05, 4.69) is 34.1 Å². The van der Waals surface area contributed by atoms with E-state index in [9.17, 15) is 4.79 Å². The summed E-state index contributed by atoms with van der Waals surface area (Å²) in [6.45, 7) is 1.65. The zero-order valence-corrected chi connectivity index (χ0v) is 10.6. The van der Waals surface area contributed by atoms with E-state index in [4.69, 9.17) is 0 Å². The van der Waals surface area contributed by atoms with Crippen LogP contribution in [0.15, 0.2) is 28.7 Å². The molecule has 2 heteroatoms. The largest absolute Gasteiger partial charge is 0.295 e. The van der Waals surface area contributed by atoms with Crippen LogP contribution in [0.4, 0.5) is 0 Å². The van der Waals surface area contributed by atoms with Crippen LogP contribution in [0.2, 0.25) is 0 Å². The highest BCUT2D eigenvalue weighted by Crippen LogP contribution is 2.36. The van der Waals surface area contributed by atoms with Crippen LogP contribution >= 0.6 is 15.9 Å². The average molecular weight is 275 g/mol. The first-order valence-corrected chi connectivity index (χ1v) is 6.21. The van der Waals surface area contributed by atoms with Gasteiger partial charge in [0.15, 0.2) is 5.78 Å². The Bertz CT molecular complexity index is 614. The average Bonchev–Trinajstić information content (AvgIpc) is 2.68. The van der Waals surface area contributed by atoms with Gasteiger partial charge in [-0.3, -0.25) is 4.79 Å². The molecule has 0 fully saturated rings. The maximum Gasteiger partial charge on any atom is 0.160 e. The highest BCUT2D eigenvalue weighted by Gasteiger charge is 2.20. The third-order valence-corrected chi connectivity index (χ3v) is 4.04. The molecule has 0 spiro atoms. The number of carbonyl (C=O) groups excluding carboxylic acids is 1. The predicted octanol–water partition coefficient (Wildman–Crippen LogP) is 3.90. The van der Waals surface area contributed by atoms with Crippen molar-refractivity contribution < 1.29 is 4.79 Å². The molecule has 80 valence electrons. The standard InChI is InChI=1S/C14H11BrO/c1-8(16)10-5-6-12-13(15)7-3-9-2-4-11(10)14(9)12/h3,5-7H,2,4H2,1H3. The van der Waals surface area contributed by atoms with Crippen molar-refractivity contribution in [3.63, 3.8) is 0 Å². The number of halogens is 1. The molecule has 1 aliphatic carbocycles. The molecule has 0 radical (unpaired) electrons. The van der Waals surface area contributed by atoms with Gasteiger partial charge in [0.25, 0.3) is 0 Å². The Morgan fingerprint density at radius 2 is 2.00 bits per heavy atom. The minimum Gasteiger partial charge on any atom is -0.295 e. The van der Waals surface area contributed by atoms with Crippen molar-refractivity contribution >= 4 is 32.5 Å². The van der Waals surface area contributed by atoms with Gasteiger partial charge in [-0.1, -0.05) is 34.1 Å². The highest BCUT2D eigenvalue weighted by molar-refractivity contribution is 9.10. The lowest BCUT2D eigenvalue weighted by Gasteiger charge is -2.07. The summed E-state index contributed by atoms with van der Waals surface area (Å²) < 4.78 is 1.12. The Balaban J connectivity index is 2.47. The first-order chi connectivity index (χ1) is 7.68. The SMILES string of the molecule is CC(=O)c1ccc2c(Br)ccc3c2c1CC3. The summed E-state index contributed by atoms with van der Waals surface area (Å²) in [7, 11) is 0. The van der Waals surface area contributed by atoms with Crippen molar-refractivity contribution in [2.45, 2.75) is 19.8 Å². The number of Topliss-reactive ketones (excluding diaryl/α,β-unsaturated/α-hetero) is 1. The summed E-state index contributed by atoms with van der Waals surface area (Å²) in [5, 5.41) is 2.53. The van der Waals surface area contributed by atoms with Crippen LogP contribution < -0.4 is 0 Å². The predicted molar refractivity (Wildman–Crippen MR) is 69.1 cm³/mol. The van der Waals surface area contributed by atoms with E-state index >= 15 is 0 Å². The van der Waals surface area contributed by atoms with E-state index in [0.29, 0.717) is 0 Å². The maximum atomic E-state index is 11.6. The molecule has 16 heavy (non-hydrogen) atoms. The molecular formula is C14H11BrO. The van der Waals surface area contributed by atoms with Gasteiger partial charge in [-0.2, -0.15) is 0 Å². The number of rotatable bonds is 1. The van der Waals surface area contributed by atoms with E-state index in [1.807, 2.05) is 6.07 Å². The molecule has 0 saturated heterocycles. The second-order valence-corrected chi connectivity index (χ2v) is 5.13. The maximum absolute atomic E-state index is 11.6. The Hall–Kier alpha value is -1.15. The van der Waals surface area contributed by atoms with Crippen molar-refractivity contribution in [3.8, 4) is 0 Å². The van der Waals surface area contributed by atoms with Gasteiger partial charge in [-0.05, 0) is 47.7 Å². The zero-order valence-electron chi connectivity index (χ0n) is 9.01. The van der Waals surface area contributed by atoms with Crippen LogP contribution in [0, 0.1) is 0 Å². The molecule has 1 aliphatic rings. The fourth-order valence-corrected chi connectivity index (χ4v) is 3.08. The van der Waals surface area contributed by atoms with Gasteiger partial charge in [-0.25, -0.2) is 0 Å². The summed E-state index contributed by atoms with van der Waals surface area (Å²) in [5.41, 5.74) is 3.50. The minimum absolute atomic E-state index is 0.171. The van der Waals surface area contributed by atoms with Gasteiger partial charge in [0.05, 0.1) is 0 Å². The Kier molecular flexibility index (Phi) is 2.15. The molecule has 0 aliphatic heterocycles. The molecule has 0 amide bonds. The third kappa shape index (κ3) is 1.26. The lowest BCUT2D eigenvalue weighted by molar-refractivity contribution is 0.101. The van der Waals surface area contributed by atoms with Crippen molar-refractivity contribution in [2.24, 2.45) is 0 Å². The van der Waals surface area contributed by atoms with Crippen LogP contribution in [0.1, 0.15) is 28.4 Å². The van der Waals surface area contributed by atoms with Crippen LogP contribution in [0.25, 0.3) is 10.8 Å².